The summed E-state index contributed by atoms with van der Waals surface area (Å²) in [4.78, 5) is 32.6. The Balaban J connectivity index is 1.41. The highest BCUT2D eigenvalue weighted by Gasteiger charge is 2.36. The number of fused-ring (bicyclic) bond motifs is 1. The first-order valence-electron chi connectivity index (χ1n) is 9.81. The number of rotatable bonds is 4. The van der Waals surface area contributed by atoms with Crippen molar-refractivity contribution >= 4 is 34.7 Å². The molecular weight excluding hydrogens is 394 g/mol. The third kappa shape index (κ3) is 3.94. The van der Waals surface area contributed by atoms with Crippen LogP contribution in [0.25, 0.3) is 0 Å². The lowest BCUT2D eigenvalue weighted by molar-refractivity contribution is -0.919. The van der Waals surface area contributed by atoms with Gasteiger partial charge in [-0.15, -0.1) is 22.7 Å². The second-order valence-electron chi connectivity index (χ2n) is 7.15. The van der Waals surface area contributed by atoms with Crippen LogP contribution in [0.4, 0.5) is 4.79 Å². The van der Waals surface area contributed by atoms with Gasteiger partial charge in [-0.2, -0.15) is 0 Å². The van der Waals surface area contributed by atoms with Crippen molar-refractivity contribution in [3.8, 4) is 0 Å². The Morgan fingerprint density at radius 2 is 1.93 bits per heavy atom. The Labute approximate surface area is 173 Å². The number of piperazine rings is 1. The minimum absolute atomic E-state index is 0.179. The molecule has 2 aromatic heterocycles. The van der Waals surface area contributed by atoms with E-state index < -0.39 is 0 Å². The van der Waals surface area contributed by atoms with E-state index in [0.29, 0.717) is 39.3 Å². The number of thiophene rings is 2. The molecule has 1 unspecified atom stereocenters. The molecule has 2 aliphatic heterocycles. The summed E-state index contributed by atoms with van der Waals surface area (Å²) in [5, 5.41) is 4.29. The summed E-state index contributed by atoms with van der Waals surface area (Å²) >= 11 is 3.60. The van der Waals surface area contributed by atoms with Crippen molar-refractivity contribution in [3.63, 3.8) is 0 Å². The summed E-state index contributed by atoms with van der Waals surface area (Å²) in [5.41, 5.74) is 1.38. The Kier molecular flexibility index (Phi) is 5.99. The van der Waals surface area contributed by atoms with Crippen LogP contribution in [0.3, 0.4) is 0 Å². The summed E-state index contributed by atoms with van der Waals surface area (Å²) in [5.74, 6) is 0.179. The van der Waals surface area contributed by atoms with Gasteiger partial charge in [0.05, 0.1) is 18.0 Å². The molecule has 4 heterocycles. The number of ether oxygens (including phenoxy) is 1. The average Bonchev–Trinajstić information content (AvgIpc) is 3.40. The van der Waals surface area contributed by atoms with Crippen molar-refractivity contribution in [2.24, 2.45) is 0 Å². The zero-order chi connectivity index (χ0) is 19.5. The molecule has 2 aliphatic rings. The second kappa shape index (κ2) is 8.63. The fourth-order valence-electron chi connectivity index (χ4n) is 4.11. The molecular formula is C20H26N3O3S2+. The van der Waals surface area contributed by atoms with Crippen LogP contribution < -0.4 is 4.90 Å². The highest BCUT2D eigenvalue weighted by Crippen LogP contribution is 2.31. The van der Waals surface area contributed by atoms with Gasteiger partial charge in [-0.05, 0) is 29.8 Å². The number of nitrogens with zero attached hydrogens (tertiary/aromatic N) is 2. The molecule has 0 aliphatic carbocycles. The first kappa shape index (κ1) is 19.4. The lowest BCUT2D eigenvalue weighted by Gasteiger charge is -2.36. The van der Waals surface area contributed by atoms with Gasteiger partial charge in [0, 0.05) is 43.0 Å². The van der Waals surface area contributed by atoms with Crippen LogP contribution in [0.15, 0.2) is 29.0 Å². The number of amides is 2. The molecule has 150 valence electrons. The van der Waals surface area contributed by atoms with Crippen LogP contribution in [-0.4, -0.2) is 67.7 Å². The van der Waals surface area contributed by atoms with Crippen molar-refractivity contribution in [2.75, 3.05) is 45.9 Å². The van der Waals surface area contributed by atoms with E-state index >= 15 is 0 Å². The normalized spacial score (nSPS) is 22.0. The number of hydrogen-bond acceptors (Lipinski definition) is 5. The van der Waals surface area contributed by atoms with E-state index in [0.717, 1.165) is 13.0 Å². The van der Waals surface area contributed by atoms with E-state index in [9.17, 15) is 9.59 Å². The predicted octanol–water partition coefficient (Wildman–Crippen LogP) is 1.64. The van der Waals surface area contributed by atoms with Crippen LogP contribution >= 0.6 is 22.7 Å². The second-order valence-corrected chi connectivity index (χ2v) is 9.13. The van der Waals surface area contributed by atoms with Crippen molar-refractivity contribution in [1.82, 2.24) is 9.80 Å². The van der Waals surface area contributed by atoms with Gasteiger partial charge in [-0.3, -0.25) is 4.79 Å². The molecule has 2 amide bonds. The Morgan fingerprint density at radius 3 is 2.64 bits per heavy atom. The molecule has 1 fully saturated rings. The van der Waals surface area contributed by atoms with Gasteiger partial charge in [-0.25, -0.2) is 4.79 Å². The van der Waals surface area contributed by atoms with Crippen LogP contribution in [-0.2, 0) is 16.0 Å². The minimum atomic E-state index is -0.279. The molecule has 0 spiro atoms. The third-order valence-corrected chi connectivity index (χ3v) is 7.47. The molecule has 4 rings (SSSR count). The van der Waals surface area contributed by atoms with Crippen molar-refractivity contribution < 1.29 is 19.2 Å². The lowest BCUT2D eigenvalue weighted by Crippen LogP contribution is -3.14. The van der Waals surface area contributed by atoms with Gasteiger partial charge >= 0.3 is 6.09 Å². The van der Waals surface area contributed by atoms with E-state index in [1.807, 2.05) is 23.2 Å². The number of carbonyl (C=O) groups excluding carboxylic acids is 2. The number of nitrogens with one attached hydrogen (secondary N) is 1. The van der Waals surface area contributed by atoms with E-state index in [1.165, 1.54) is 20.2 Å². The summed E-state index contributed by atoms with van der Waals surface area (Å²) in [7, 11) is 0. The van der Waals surface area contributed by atoms with Crippen molar-refractivity contribution in [3.05, 3.63) is 44.3 Å². The van der Waals surface area contributed by atoms with E-state index in [-0.39, 0.29) is 18.0 Å². The van der Waals surface area contributed by atoms with E-state index in [2.05, 4.69) is 29.0 Å². The third-order valence-electron chi connectivity index (χ3n) is 5.54. The summed E-state index contributed by atoms with van der Waals surface area (Å²) in [6, 6.07) is 6.76. The zero-order valence-corrected chi connectivity index (χ0v) is 17.7. The maximum atomic E-state index is 13.0. The molecule has 6 nitrogen and oxygen atoms in total. The summed E-state index contributed by atoms with van der Waals surface area (Å²) in [6.45, 7) is 5.91. The molecule has 0 aromatic carbocycles. The molecule has 1 saturated heterocycles. The van der Waals surface area contributed by atoms with Gasteiger partial charge in [-0.1, -0.05) is 6.07 Å². The fraction of sp³-hybridized carbons (Fsp3) is 0.500. The standard InChI is InChI=1S/C20H25N3O3S2/c1-2-26-20(25)22-10-8-21(9-11-22)18(24)14-23-7-5-16-15(6-13-28-16)19(23)17-4-3-12-27-17/h3-4,6,12-13,19H,2,5,7-11,14H2,1H3/p+1/t19-/m0/s1. The molecule has 0 bridgehead atoms. The van der Waals surface area contributed by atoms with E-state index in [4.69, 9.17) is 4.74 Å². The molecule has 1 N–H and O–H groups in total. The Hall–Kier alpha value is -1.90. The smallest absolute Gasteiger partial charge is 0.409 e. The average molecular weight is 421 g/mol. The zero-order valence-electron chi connectivity index (χ0n) is 16.1. The topological polar surface area (TPSA) is 54.3 Å². The number of quaternary nitrogens is 1. The number of hydrogen-bond donors (Lipinski definition) is 1. The van der Waals surface area contributed by atoms with Crippen LogP contribution in [0.5, 0.6) is 0 Å². The minimum Gasteiger partial charge on any atom is -0.450 e. The highest BCUT2D eigenvalue weighted by atomic mass is 32.1. The van der Waals surface area contributed by atoms with Gasteiger partial charge in [0.25, 0.3) is 5.91 Å². The molecule has 8 heteroatoms. The predicted molar refractivity (Wildman–Crippen MR) is 110 cm³/mol. The first-order chi connectivity index (χ1) is 13.7. The van der Waals surface area contributed by atoms with Crippen molar-refractivity contribution in [2.45, 2.75) is 19.4 Å². The Bertz CT molecular complexity index is 813. The highest BCUT2D eigenvalue weighted by molar-refractivity contribution is 7.10. The number of carbonyl (C=O) groups is 2. The first-order valence-corrected chi connectivity index (χ1v) is 11.6. The maximum Gasteiger partial charge on any atom is 0.409 e. The summed E-state index contributed by atoms with van der Waals surface area (Å²) < 4.78 is 5.06. The van der Waals surface area contributed by atoms with Crippen molar-refractivity contribution in [1.29, 1.82) is 0 Å². The van der Waals surface area contributed by atoms with Crippen LogP contribution in [0, 0.1) is 0 Å². The maximum absolute atomic E-state index is 13.0. The Morgan fingerprint density at radius 1 is 1.14 bits per heavy atom. The fourth-order valence-corrected chi connectivity index (χ4v) is 5.93. The van der Waals surface area contributed by atoms with Crippen LogP contribution in [0.2, 0.25) is 0 Å². The van der Waals surface area contributed by atoms with Crippen LogP contribution in [0.1, 0.15) is 28.3 Å². The largest absolute Gasteiger partial charge is 0.450 e. The molecule has 0 radical (unpaired) electrons. The molecule has 2 atom stereocenters. The molecule has 2 aromatic rings. The SMILES string of the molecule is CCOC(=O)N1CCN(C(=O)C[NH+]2CCc3sccc3[C@H]2c2cccs2)CC1. The monoisotopic (exact) mass is 420 g/mol. The van der Waals surface area contributed by atoms with Gasteiger partial charge in [0.15, 0.2) is 6.54 Å². The van der Waals surface area contributed by atoms with Gasteiger partial charge in [0.2, 0.25) is 0 Å². The van der Waals surface area contributed by atoms with Gasteiger partial charge in [0.1, 0.15) is 6.04 Å². The molecule has 28 heavy (non-hydrogen) atoms. The van der Waals surface area contributed by atoms with E-state index in [1.54, 1.807) is 16.2 Å². The van der Waals surface area contributed by atoms with Gasteiger partial charge < -0.3 is 19.4 Å². The molecule has 0 saturated carbocycles. The lowest BCUT2D eigenvalue weighted by atomic mass is 9.98. The summed E-state index contributed by atoms with van der Waals surface area (Å²) in [6.07, 6.45) is 0.757. The quantitative estimate of drug-likeness (QED) is 0.818.